The highest BCUT2D eigenvalue weighted by Gasteiger charge is 2.31. The standard InChI is InChI=1S/C26H33N5O2/c1-18-10-11-20(23(15-18)33-3)26(32)30-14-6-4-5-9-22(30)21-16-24-27-25(29-12-7-8-13-29)19(2)17-31(24)28-21/h10-11,15-17,22H,4-9,12-14H2,1-3H3/t22-/m0/s1. The molecule has 174 valence electrons. The third kappa shape index (κ3) is 4.16. The zero-order valence-corrected chi connectivity index (χ0v) is 19.9. The van der Waals surface area contributed by atoms with Crippen molar-refractivity contribution in [3.05, 3.63) is 52.8 Å². The highest BCUT2D eigenvalue weighted by Crippen LogP contribution is 2.33. The van der Waals surface area contributed by atoms with E-state index in [2.05, 4.69) is 24.1 Å². The van der Waals surface area contributed by atoms with E-state index in [1.54, 1.807) is 7.11 Å². The number of rotatable bonds is 4. The van der Waals surface area contributed by atoms with Crippen LogP contribution in [0.4, 0.5) is 5.82 Å². The van der Waals surface area contributed by atoms with Crippen LogP contribution >= 0.6 is 0 Å². The van der Waals surface area contributed by atoms with Gasteiger partial charge in [-0.05, 0) is 57.2 Å². The summed E-state index contributed by atoms with van der Waals surface area (Å²) < 4.78 is 7.43. The third-order valence-corrected chi connectivity index (χ3v) is 6.97. The zero-order valence-electron chi connectivity index (χ0n) is 19.9. The van der Waals surface area contributed by atoms with Crippen LogP contribution in [0.15, 0.2) is 30.5 Å². The molecule has 1 aromatic carbocycles. The minimum absolute atomic E-state index is 0.0118. The van der Waals surface area contributed by atoms with Crippen molar-refractivity contribution in [3.63, 3.8) is 0 Å². The first kappa shape index (κ1) is 21.7. The first-order valence-corrected chi connectivity index (χ1v) is 12.1. The molecule has 1 amide bonds. The van der Waals surface area contributed by atoms with E-state index >= 15 is 0 Å². The van der Waals surface area contributed by atoms with Crippen molar-refractivity contribution in [1.29, 1.82) is 0 Å². The van der Waals surface area contributed by atoms with Gasteiger partial charge in [0.05, 0.1) is 24.4 Å². The van der Waals surface area contributed by atoms with Gasteiger partial charge in [-0.15, -0.1) is 0 Å². The van der Waals surface area contributed by atoms with Crippen LogP contribution in [0.25, 0.3) is 5.65 Å². The number of carbonyl (C=O) groups is 1. The lowest BCUT2D eigenvalue weighted by Gasteiger charge is -2.29. The molecule has 3 aromatic rings. The fraction of sp³-hybridized carbons (Fsp3) is 0.500. The van der Waals surface area contributed by atoms with Gasteiger partial charge in [0.25, 0.3) is 5.91 Å². The molecule has 0 bridgehead atoms. The summed E-state index contributed by atoms with van der Waals surface area (Å²) >= 11 is 0. The van der Waals surface area contributed by atoms with Crippen LogP contribution in [-0.4, -0.2) is 52.1 Å². The molecular weight excluding hydrogens is 414 g/mol. The average molecular weight is 448 g/mol. The predicted molar refractivity (Wildman–Crippen MR) is 129 cm³/mol. The Morgan fingerprint density at radius 1 is 1.03 bits per heavy atom. The van der Waals surface area contributed by atoms with Crippen molar-refractivity contribution in [2.45, 2.75) is 58.4 Å². The fourth-order valence-electron chi connectivity index (χ4n) is 5.22. The smallest absolute Gasteiger partial charge is 0.258 e. The highest BCUT2D eigenvalue weighted by molar-refractivity contribution is 5.97. The van der Waals surface area contributed by atoms with Gasteiger partial charge in [0.15, 0.2) is 5.65 Å². The van der Waals surface area contributed by atoms with Crippen molar-refractivity contribution >= 4 is 17.4 Å². The van der Waals surface area contributed by atoms with Crippen molar-refractivity contribution < 1.29 is 9.53 Å². The second kappa shape index (κ2) is 9.04. The topological polar surface area (TPSA) is 63.0 Å². The molecule has 2 saturated heterocycles. The molecule has 0 aliphatic carbocycles. The summed E-state index contributed by atoms with van der Waals surface area (Å²) in [7, 11) is 1.62. The maximum absolute atomic E-state index is 13.7. The molecule has 2 aliphatic heterocycles. The summed E-state index contributed by atoms with van der Waals surface area (Å²) in [5.74, 6) is 1.70. The van der Waals surface area contributed by atoms with Crippen LogP contribution in [0.1, 0.15) is 71.7 Å². The molecule has 0 saturated carbocycles. The van der Waals surface area contributed by atoms with E-state index in [0.29, 0.717) is 11.3 Å². The molecule has 2 aromatic heterocycles. The number of carbonyl (C=O) groups excluding carboxylic acids is 1. The monoisotopic (exact) mass is 447 g/mol. The number of methoxy groups -OCH3 is 1. The average Bonchev–Trinajstić information content (AvgIpc) is 3.42. The first-order chi connectivity index (χ1) is 16.0. The maximum atomic E-state index is 13.7. The first-order valence-electron chi connectivity index (χ1n) is 12.1. The number of aromatic nitrogens is 3. The van der Waals surface area contributed by atoms with E-state index in [4.69, 9.17) is 14.8 Å². The second-order valence-corrected chi connectivity index (χ2v) is 9.38. The number of anilines is 1. The van der Waals surface area contributed by atoms with Gasteiger partial charge in [0, 0.05) is 37.5 Å². The third-order valence-electron chi connectivity index (χ3n) is 6.97. The Labute approximate surface area is 195 Å². The summed E-state index contributed by atoms with van der Waals surface area (Å²) in [6.07, 6.45) is 8.62. The molecule has 7 heteroatoms. The van der Waals surface area contributed by atoms with Crippen molar-refractivity contribution in [3.8, 4) is 5.75 Å². The summed E-state index contributed by atoms with van der Waals surface area (Å²) in [6, 6.07) is 7.79. The van der Waals surface area contributed by atoms with Gasteiger partial charge in [0.1, 0.15) is 11.6 Å². The van der Waals surface area contributed by atoms with E-state index in [-0.39, 0.29) is 11.9 Å². The summed E-state index contributed by atoms with van der Waals surface area (Å²) in [5.41, 5.74) is 4.59. The lowest BCUT2D eigenvalue weighted by atomic mass is 10.0. The van der Waals surface area contributed by atoms with Crippen LogP contribution in [0.5, 0.6) is 5.75 Å². The van der Waals surface area contributed by atoms with Gasteiger partial charge in [-0.25, -0.2) is 9.50 Å². The number of hydrogen-bond acceptors (Lipinski definition) is 5. The molecule has 0 radical (unpaired) electrons. The number of ether oxygens (including phenoxy) is 1. The van der Waals surface area contributed by atoms with E-state index < -0.39 is 0 Å². The summed E-state index contributed by atoms with van der Waals surface area (Å²) in [4.78, 5) is 23.0. The summed E-state index contributed by atoms with van der Waals surface area (Å²) in [6.45, 7) is 6.96. The largest absolute Gasteiger partial charge is 0.496 e. The SMILES string of the molecule is COc1cc(C)ccc1C(=O)N1CCCCC[C@H]1c1cc2nc(N3CCCC3)c(C)cn2n1. The molecule has 0 unspecified atom stereocenters. The highest BCUT2D eigenvalue weighted by atomic mass is 16.5. The van der Waals surface area contributed by atoms with Gasteiger partial charge < -0.3 is 14.5 Å². The lowest BCUT2D eigenvalue weighted by molar-refractivity contribution is 0.0673. The number of aryl methyl sites for hydroxylation is 2. The number of hydrogen-bond donors (Lipinski definition) is 0. The normalized spacial score (nSPS) is 19.2. The minimum atomic E-state index is -0.0664. The van der Waals surface area contributed by atoms with Gasteiger partial charge in [-0.2, -0.15) is 5.10 Å². The van der Waals surface area contributed by atoms with Crippen LogP contribution < -0.4 is 9.64 Å². The molecular formula is C26H33N5O2. The maximum Gasteiger partial charge on any atom is 0.258 e. The van der Waals surface area contributed by atoms with Gasteiger partial charge in [-0.1, -0.05) is 18.9 Å². The summed E-state index contributed by atoms with van der Waals surface area (Å²) in [5, 5.41) is 4.90. The predicted octanol–water partition coefficient (Wildman–Crippen LogP) is 4.71. The Morgan fingerprint density at radius 2 is 1.82 bits per heavy atom. The molecule has 0 spiro atoms. The zero-order chi connectivity index (χ0) is 22.9. The number of amides is 1. The Hall–Kier alpha value is -3.09. The number of benzene rings is 1. The van der Waals surface area contributed by atoms with E-state index in [0.717, 1.165) is 73.6 Å². The molecule has 4 heterocycles. The second-order valence-electron chi connectivity index (χ2n) is 9.38. The van der Waals surface area contributed by atoms with Crippen molar-refractivity contribution in [2.75, 3.05) is 31.6 Å². The Kier molecular flexibility index (Phi) is 5.96. The molecule has 2 aliphatic rings. The minimum Gasteiger partial charge on any atom is -0.496 e. The van der Waals surface area contributed by atoms with Crippen LogP contribution in [-0.2, 0) is 0 Å². The van der Waals surface area contributed by atoms with E-state index in [1.807, 2.05) is 34.5 Å². The Bertz CT molecular complexity index is 1160. The Balaban J connectivity index is 1.51. The molecule has 33 heavy (non-hydrogen) atoms. The van der Waals surface area contributed by atoms with Crippen LogP contribution in [0.2, 0.25) is 0 Å². The molecule has 2 fully saturated rings. The van der Waals surface area contributed by atoms with Gasteiger partial charge in [0.2, 0.25) is 0 Å². The van der Waals surface area contributed by atoms with E-state index in [1.165, 1.54) is 12.8 Å². The van der Waals surface area contributed by atoms with Crippen molar-refractivity contribution in [2.24, 2.45) is 0 Å². The van der Waals surface area contributed by atoms with Crippen LogP contribution in [0, 0.1) is 13.8 Å². The van der Waals surface area contributed by atoms with E-state index in [9.17, 15) is 4.79 Å². The van der Waals surface area contributed by atoms with Crippen LogP contribution in [0.3, 0.4) is 0 Å². The Morgan fingerprint density at radius 3 is 2.61 bits per heavy atom. The quantitative estimate of drug-likeness (QED) is 0.579. The molecule has 0 N–H and O–H groups in total. The lowest BCUT2D eigenvalue weighted by Crippen LogP contribution is -2.35. The van der Waals surface area contributed by atoms with Gasteiger partial charge in [-0.3, -0.25) is 4.79 Å². The number of nitrogens with zero attached hydrogens (tertiary/aromatic N) is 5. The molecule has 5 rings (SSSR count). The number of fused-ring (bicyclic) bond motifs is 1. The van der Waals surface area contributed by atoms with Gasteiger partial charge >= 0.3 is 0 Å². The number of likely N-dealkylation sites (tertiary alicyclic amines) is 1. The molecule has 1 atom stereocenters. The van der Waals surface area contributed by atoms with Crippen molar-refractivity contribution in [1.82, 2.24) is 19.5 Å². The fourth-order valence-corrected chi connectivity index (χ4v) is 5.22. The molecule has 7 nitrogen and oxygen atoms in total.